The van der Waals surface area contributed by atoms with Crippen LogP contribution in [-0.4, -0.2) is 66.4 Å². The zero-order valence-corrected chi connectivity index (χ0v) is 24.3. The summed E-state index contributed by atoms with van der Waals surface area (Å²) in [7, 11) is 3.79. The molecular formula is C31H41F3N4O4. The third-order valence-electron chi connectivity index (χ3n) is 7.90. The second-order valence-corrected chi connectivity index (χ2v) is 11.9. The minimum Gasteiger partial charge on any atom is -0.478 e. The van der Waals surface area contributed by atoms with E-state index in [-0.39, 0.29) is 17.5 Å². The molecule has 2 aromatic rings. The fourth-order valence-corrected chi connectivity index (χ4v) is 5.45. The molecule has 0 aliphatic heterocycles. The van der Waals surface area contributed by atoms with Crippen LogP contribution in [0.1, 0.15) is 62.6 Å². The van der Waals surface area contributed by atoms with E-state index in [1.807, 2.05) is 19.0 Å². The van der Waals surface area contributed by atoms with E-state index in [0.717, 1.165) is 24.1 Å². The topological polar surface area (TPSA) is 103 Å². The average molecular weight is 591 g/mol. The Labute approximate surface area is 245 Å². The Kier molecular flexibility index (Phi) is 10.0. The normalized spacial score (nSPS) is 18.7. The number of anilines is 1. The number of benzene rings is 2. The smallest absolute Gasteiger partial charge is 0.407 e. The van der Waals surface area contributed by atoms with Crippen molar-refractivity contribution in [3.8, 4) is 5.75 Å². The average Bonchev–Trinajstić information content (AvgIpc) is 3.51. The number of rotatable bonds is 14. The molecular weight excluding hydrogens is 549 g/mol. The summed E-state index contributed by atoms with van der Waals surface area (Å²) in [5, 5.41) is 18.1. The highest BCUT2D eigenvalue weighted by Gasteiger charge is 2.53. The fourth-order valence-electron chi connectivity index (χ4n) is 5.45. The van der Waals surface area contributed by atoms with Crippen LogP contribution in [0.2, 0.25) is 0 Å². The Morgan fingerprint density at radius 1 is 1.05 bits per heavy atom. The molecule has 8 nitrogen and oxygen atoms in total. The van der Waals surface area contributed by atoms with Crippen molar-refractivity contribution < 1.29 is 32.6 Å². The van der Waals surface area contributed by atoms with Gasteiger partial charge in [0.2, 0.25) is 11.5 Å². The highest BCUT2D eigenvalue weighted by Crippen LogP contribution is 2.41. The van der Waals surface area contributed by atoms with Crippen molar-refractivity contribution in [2.45, 2.75) is 81.9 Å². The number of amides is 1. The van der Waals surface area contributed by atoms with Crippen LogP contribution < -0.4 is 20.7 Å². The van der Waals surface area contributed by atoms with Crippen LogP contribution in [-0.2, 0) is 16.1 Å². The Hall–Kier alpha value is -3.31. The molecule has 42 heavy (non-hydrogen) atoms. The molecule has 230 valence electrons. The van der Waals surface area contributed by atoms with Crippen LogP contribution in [0.4, 0.5) is 18.9 Å². The van der Waals surface area contributed by atoms with Crippen molar-refractivity contribution in [2.75, 3.05) is 26.0 Å². The van der Waals surface area contributed by atoms with E-state index in [1.165, 1.54) is 12.1 Å². The molecule has 0 spiro atoms. The summed E-state index contributed by atoms with van der Waals surface area (Å²) < 4.78 is 48.5. The predicted octanol–water partition coefficient (Wildman–Crippen LogP) is 5.11. The standard InChI is InChI=1S/C31H41F3N4O4/c1-20(18-35-24-12-14-25(15-13-24)42-30(16-17-30)29(40)41)36-28(39)26(22-6-4-5-7-22)37-27(31(32,33)34)23-10-8-21(9-11-23)19-38(2)3/h8-15,20,22,26-27,35,37H,4-7,16-19H2,1-3H3,(H,36,39)(H,40,41). The molecule has 4 N–H and O–H groups in total. The number of nitrogens with zero attached hydrogens (tertiary/aromatic N) is 1. The third-order valence-corrected chi connectivity index (χ3v) is 7.90. The van der Waals surface area contributed by atoms with Crippen LogP contribution in [0.3, 0.4) is 0 Å². The first-order chi connectivity index (χ1) is 19.9. The van der Waals surface area contributed by atoms with Gasteiger partial charge in [-0.25, -0.2) is 4.79 Å². The molecule has 2 fully saturated rings. The minimum atomic E-state index is -4.58. The van der Waals surface area contributed by atoms with Gasteiger partial charge in [0.1, 0.15) is 11.8 Å². The molecule has 3 unspecified atom stereocenters. The number of nitrogens with one attached hydrogen (secondary N) is 3. The van der Waals surface area contributed by atoms with E-state index in [4.69, 9.17) is 4.74 Å². The lowest BCUT2D eigenvalue weighted by atomic mass is 9.94. The van der Waals surface area contributed by atoms with E-state index >= 15 is 0 Å². The summed E-state index contributed by atoms with van der Waals surface area (Å²) >= 11 is 0. The second kappa shape index (κ2) is 13.3. The molecule has 11 heteroatoms. The maximum absolute atomic E-state index is 14.3. The molecule has 0 radical (unpaired) electrons. The number of hydrogen-bond donors (Lipinski definition) is 4. The SMILES string of the molecule is CC(CNc1ccc(OC2(C(=O)O)CC2)cc1)NC(=O)C(NC(c1ccc(CN(C)C)cc1)C(F)(F)F)C1CCCC1. The lowest BCUT2D eigenvalue weighted by Gasteiger charge is -2.31. The van der Waals surface area contributed by atoms with Crippen LogP contribution in [0.5, 0.6) is 5.75 Å². The van der Waals surface area contributed by atoms with Crippen molar-refractivity contribution in [1.82, 2.24) is 15.5 Å². The highest BCUT2D eigenvalue weighted by molar-refractivity contribution is 5.82. The number of hydrogen-bond acceptors (Lipinski definition) is 6. The van der Waals surface area contributed by atoms with Gasteiger partial charge in [-0.1, -0.05) is 37.1 Å². The first-order valence-corrected chi connectivity index (χ1v) is 14.5. The molecule has 0 bridgehead atoms. The van der Waals surface area contributed by atoms with E-state index < -0.39 is 35.7 Å². The van der Waals surface area contributed by atoms with Gasteiger partial charge in [-0.3, -0.25) is 10.1 Å². The minimum absolute atomic E-state index is 0.0823. The van der Waals surface area contributed by atoms with Crippen molar-refractivity contribution in [1.29, 1.82) is 0 Å². The molecule has 0 saturated heterocycles. The van der Waals surface area contributed by atoms with E-state index in [0.29, 0.717) is 44.5 Å². The van der Waals surface area contributed by atoms with Crippen molar-refractivity contribution in [3.63, 3.8) is 0 Å². The van der Waals surface area contributed by atoms with Crippen molar-refractivity contribution in [3.05, 3.63) is 59.7 Å². The van der Waals surface area contributed by atoms with Crippen LogP contribution in [0, 0.1) is 5.92 Å². The first kappa shape index (κ1) is 31.6. The summed E-state index contributed by atoms with van der Waals surface area (Å²) in [6.45, 7) is 2.76. The van der Waals surface area contributed by atoms with Gasteiger partial charge in [-0.05, 0) is 75.2 Å². The van der Waals surface area contributed by atoms with Crippen molar-refractivity contribution >= 4 is 17.6 Å². The Bertz CT molecular complexity index is 1190. The molecule has 1 amide bonds. The Morgan fingerprint density at radius 2 is 1.67 bits per heavy atom. The summed E-state index contributed by atoms with van der Waals surface area (Å²) in [6.07, 6.45) is -0.463. The maximum Gasteiger partial charge on any atom is 0.407 e. The second-order valence-electron chi connectivity index (χ2n) is 11.9. The molecule has 0 aromatic heterocycles. The quantitative estimate of drug-likeness (QED) is 0.243. The number of carbonyl (C=O) groups is 2. The first-order valence-electron chi connectivity index (χ1n) is 14.5. The maximum atomic E-state index is 14.3. The van der Waals surface area contributed by atoms with Gasteiger partial charge in [-0.15, -0.1) is 0 Å². The monoisotopic (exact) mass is 590 g/mol. The molecule has 3 atom stereocenters. The number of carboxylic acids is 1. The molecule has 0 heterocycles. The van der Waals surface area contributed by atoms with Gasteiger partial charge in [-0.2, -0.15) is 13.2 Å². The molecule has 2 aliphatic rings. The fraction of sp³-hybridized carbons (Fsp3) is 0.548. The van der Waals surface area contributed by atoms with Gasteiger partial charge in [0, 0.05) is 37.7 Å². The van der Waals surface area contributed by atoms with E-state index in [9.17, 15) is 27.9 Å². The van der Waals surface area contributed by atoms with Gasteiger partial charge in [0.05, 0.1) is 6.04 Å². The third kappa shape index (κ3) is 8.38. The molecule has 4 rings (SSSR count). The summed E-state index contributed by atoms with van der Waals surface area (Å²) in [6, 6.07) is 9.92. The molecule has 2 aromatic carbocycles. The Balaban J connectivity index is 1.37. The number of aliphatic carboxylic acids is 1. The van der Waals surface area contributed by atoms with Crippen LogP contribution in [0.25, 0.3) is 0 Å². The number of halogens is 3. The number of ether oxygens (including phenoxy) is 1. The highest BCUT2D eigenvalue weighted by atomic mass is 19.4. The molecule has 2 aliphatic carbocycles. The van der Waals surface area contributed by atoms with E-state index in [2.05, 4.69) is 16.0 Å². The van der Waals surface area contributed by atoms with Crippen molar-refractivity contribution in [2.24, 2.45) is 5.92 Å². The number of carbonyl (C=O) groups excluding carboxylic acids is 1. The number of alkyl halides is 3. The zero-order valence-electron chi connectivity index (χ0n) is 24.3. The van der Waals surface area contributed by atoms with Crippen LogP contribution in [0.15, 0.2) is 48.5 Å². The largest absolute Gasteiger partial charge is 0.478 e. The van der Waals surface area contributed by atoms with Crippen LogP contribution >= 0.6 is 0 Å². The summed E-state index contributed by atoms with van der Waals surface area (Å²) in [5.41, 5.74) is 0.603. The van der Waals surface area contributed by atoms with Gasteiger partial charge < -0.3 is 25.4 Å². The lowest BCUT2D eigenvalue weighted by Crippen LogP contribution is -2.54. The lowest BCUT2D eigenvalue weighted by molar-refractivity contribution is -0.162. The van der Waals surface area contributed by atoms with E-state index in [1.54, 1.807) is 43.3 Å². The van der Waals surface area contributed by atoms with Gasteiger partial charge in [0.25, 0.3) is 0 Å². The Morgan fingerprint density at radius 3 is 2.19 bits per heavy atom. The molecule has 2 saturated carbocycles. The van der Waals surface area contributed by atoms with Gasteiger partial charge >= 0.3 is 12.1 Å². The summed E-state index contributed by atoms with van der Waals surface area (Å²) in [5.74, 6) is -1.14. The van der Waals surface area contributed by atoms with Gasteiger partial charge in [0.15, 0.2) is 0 Å². The zero-order chi connectivity index (χ0) is 30.5. The predicted molar refractivity (Wildman–Crippen MR) is 154 cm³/mol. The number of carboxylic acid groups (broad SMARTS) is 1. The summed E-state index contributed by atoms with van der Waals surface area (Å²) in [4.78, 5) is 26.7.